The van der Waals surface area contributed by atoms with E-state index < -0.39 is 0 Å². The number of hydrogen-bond acceptors (Lipinski definition) is 2. The Morgan fingerprint density at radius 2 is 1.62 bits per heavy atom. The van der Waals surface area contributed by atoms with E-state index in [1.54, 1.807) is 0 Å². The van der Waals surface area contributed by atoms with E-state index in [9.17, 15) is 0 Å². The van der Waals surface area contributed by atoms with Crippen LogP contribution >= 0.6 is 11.6 Å². The van der Waals surface area contributed by atoms with E-state index in [0.29, 0.717) is 0 Å². The van der Waals surface area contributed by atoms with E-state index in [1.165, 1.54) is 11.3 Å². The van der Waals surface area contributed by atoms with Crippen LogP contribution in [0.3, 0.4) is 0 Å². The highest BCUT2D eigenvalue weighted by molar-refractivity contribution is 6.31. The molecule has 0 saturated heterocycles. The van der Waals surface area contributed by atoms with Crippen molar-refractivity contribution in [3.05, 3.63) is 64.7 Å². The van der Waals surface area contributed by atoms with Gasteiger partial charge in [0.25, 0.3) is 0 Å². The second kappa shape index (κ2) is 6.97. The molecule has 0 bridgehead atoms. The Bertz CT molecular complexity index is 597. The zero-order chi connectivity index (χ0) is 15.4. The fourth-order valence-electron chi connectivity index (χ4n) is 2.57. The van der Waals surface area contributed by atoms with Crippen molar-refractivity contribution < 1.29 is 0 Å². The molecule has 0 aromatic heterocycles. The van der Waals surface area contributed by atoms with Gasteiger partial charge >= 0.3 is 0 Å². The molecule has 0 aliphatic rings. The first-order valence-electron chi connectivity index (χ1n) is 7.38. The maximum Gasteiger partial charge on any atom is 0.0525 e. The Morgan fingerprint density at radius 3 is 2.24 bits per heavy atom. The molecule has 0 aliphatic carbocycles. The Kier molecular flexibility index (Phi) is 5.27. The van der Waals surface area contributed by atoms with Crippen LogP contribution in [0.25, 0.3) is 0 Å². The summed E-state index contributed by atoms with van der Waals surface area (Å²) in [6.45, 7) is 4.27. The molecule has 2 atom stereocenters. The normalized spacial score (nSPS) is 13.8. The van der Waals surface area contributed by atoms with Crippen molar-refractivity contribution in [2.24, 2.45) is 5.73 Å². The number of halogens is 1. The predicted molar refractivity (Wildman–Crippen MR) is 91.9 cm³/mol. The van der Waals surface area contributed by atoms with Crippen molar-refractivity contribution in [1.29, 1.82) is 0 Å². The van der Waals surface area contributed by atoms with Crippen molar-refractivity contribution in [1.82, 2.24) is 0 Å². The zero-order valence-electron chi connectivity index (χ0n) is 12.9. The molecule has 3 heteroatoms. The third-order valence-electron chi connectivity index (χ3n) is 4.09. The topological polar surface area (TPSA) is 29.3 Å². The van der Waals surface area contributed by atoms with Gasteiger partial charge in [-0.3, -0.25) is 0 Å². The van der Waals surface area contributed by atoms with Crippen molar-refractivity contribution in [2.45, 2.75) is 32.4 Å². The highest BCUT2D eigenvalue weighted by Crippen LogP contribution is 2.33. The molecule has 2 nitrogen and oxygen atoms in total. The van der Waals surface area contributed by atoms with Crippen LogP contribution in [0.4, 0.5) is 5.69 Å². The molecule has 2 aromatic carbocycles. The highest BCUT2D eigenvalue weighted by Gasteiger charge is 2.18. The molecule has 112 valence electrons. The van der Waals surface area contributed by atoms with Gasteiger partial charge < -0.3 is 10.6 Å². The van der Waals surface area contributed by atoms with E-state index in [0.717, 1.165) is 17.0 Å². The number of anilines is 1. The summed E-state index contributed by atoms with van der Waals surface area (Å²) in [5.41, 5.74) is 9.72. The molecule has 0 aliphatic heterocycles. The predicted octanol–water partition coefficient (Wildman–Crippen LogP) is 4.95. The van der Waals surface area contributed by atoms with Crippen molar-refractivity contribution in [2.75, 3.05) is 11.9 Å². The molecule has 0 saturated carbocycles. The molecule has 0 amide bonds. The average molecular weight is 303 g/mol. The summed E-state index contributed by atoms with van der Waals surface area (Å²) >= 11 is 6.33. The summed E-state index contributed by atoms with van der Waals surface area (Å²) < 4.78 is 0. The van der Waals surface area contributed by atoms with Gasteiger partial charge in [0.15, 0.2) is 0 Å². The smallest absolute Gasteiger partial charge is 0.0525 e. The fourth-order valence-corrected chi connectivity index (χ4v) is 2.87. The third-order valence-corrected chi connectivity index (χ3v) is 4.44. The Labute approximate surface area is 132 Å². The molecule has 0 fully saturated rings. The quantitative estimate of drug-likeness (QED) is 0.847. The fraction of sp³-hybridized carbons (Fsp3) is 0.333. The van der Waals surface area contributed by atoms with Gasteiger partial charge in [-0.15, -0.1) is 0 Å². The average Bonchev–Trinajstić information content (AvgIpc) is 2.53. The second-order valence-electron chi connectivity index (χ2n) is 5.38. The molecule has 21 heavy (non-hydrogen) atoms. The Hall–Kier alpha value is -1.51. The van der Waals surface area contributed by atoms with Gasteiger partial charge in [0.1, 0.15) is 0 Å². The first kappa shape index (κ1) is 15.9. The summed E-state index contributed by atoms with van der Waals surface area (Å²) in [5.74, 6) is 0. The van der Waals surface area contributed by atoms with Crippen molar-refractivity contribution >= 4 is 17.3 Å². The van der Waals surface area contributed by atoms with Crippen LogP contribution in [0.1, 0.15) is 43.5 Å². The Morgan fingerprint density at radius 1 is 1.05 bits per heavy atom. The summed E-state index contributed by atoms with van der Waals surface area (Å²) in [7, 11) is 2.09. The molecular weight excluding hydrogens is 280 g/mol. The van der Waals surface area contributed by atoms with Gasteiger partial charge in [0.2, 0.25) is 0 Å². The monoisotopic (exact) mass is 302 g/mol. The van der Waals surface area contributed by atoms with Gasteiger partial charge in [-0.2, -0.15) is 0 Å². The lowest BCUT2D eigenvalue weighted by Gasteiger charge is -2.31. The number of rotatable bonds is 5. The standard InChI is InChI=1S/C18H23ClN2/c1-4-17(20)15-10-6-8-12-18(15)21(3)13(2)14-9-5-7-11-16(14)19/h5-13,17H,4,20H2,1-3H3/t13?,17-/m1/s1. The molecule has 2 aromatic rings. The largest absolute Gasteiger partial charge is 0.368 e. The maximum atomic E-state index is 6.33. The van der Waals surface area contributed by atoms with Gasteiger partial charge in [0, 0.05) is 23.8 Å². The van der Waals surface area contributed by atoms with Gasteiger partial charge in [-0.05, 0) is 36.6 Å². The minimum atomic E-state index is 0.0575. The van der Waals surface area contributed by atoms with Crippen molar-refractivity contribution in [3.63, 3.8) is 0 Å². The lowest BCUT2D eigenvalue weighted by atomic mass is 10.0. The summed E-state index contributed by atoms with van der Waals surface area (Å²) in [4.78, 5) is 2.24. The molecular formula is C18H23ClN2. The maximum absolute atomic E-state index is 6.33. The molecule has 0 heterocycles. The van der Waals surface area contributed by atoms with Gasteiger partial charge in [-0.25, -0.2) is 0 Å². The van der Waals surface area contributed by atoms with Crippen LogP contribution in [0.2, 0.25) is 5.02 Å². The van der Waals surface area contributed by atoms with E-state index in [2.05, 4.69) is 50.1 Å². The summed E-state index contributed by atoms with van der Waals surface area (Å²) in [6.07, 6.45) is 0.922. The Balaban J connectivity index is 2.36. The molecule has 2 rings (SSSR count). The van der Waals surface area contributed by atoms with E-state index >= 15 is 0 Å². The van der Waals surface area contributed by atoms with Crippen LogP contribution in [0, 0.1) is 0 Å². The number of para-hydroxylation sites is 1. The van der Waals surface area contributed by atoms with E-state index in [1.807, 2.05) is 24.3 Å². The number of hydrogen-bond donors (Lipinski definition) is 1. The third kappa shape index (κ3) is 3.39. The minimum Gasteiger partial charge on any atom is -0.368 e. The van der Waals surface area contributed by atoms with Crippen LogP contribution in [0.15, 0.2) is 48.5 Å². The van der Waals surface area contributed by atoms with Crippen LogP contribution in [0.5, 0.6) is 0 Å². The summed E-state index contributed by atoms with van der Waals surface area (Å²) in [5, 5.41) is 0.800. The van der Waals surface area contributed by atoms with Gasteiger partial charge in [-0.1, -0.05) is 54.9 Å². The van der Waals surface area contributed by atoms with E-state index in [4.69, 9.17) is 17.3 Å². The molecule has 1 unspecified atom stereocenters. The SMILES string of the molecule is CC[C@@H](N)c1ccccc1N(C)C(C)c1ccccc1Cl. The van der Waals surface area contributed by atoms with Gasteiger partial charge in [0.05, 0.1) is 6.04 Å². The number of nitrogens with two attached hydrogens (primary N) is 1. The van der Waals surface area contributed by atoms with E-state index in [-0.39, 0.29) is 12.1 Å². The first-order valence-corrected chi connectivity index (χ1v) is 7.75. The molecule has 2 N–H and O–H groups in total. The second-order valence-corrected chi connectivity index (χ2v) is 5.79. The van der Waals surface area contributed by atoms with Crippen LogP contribution in [-0.4, -0.2) is 7.05 Å². The number of benzene rings is 2. The van der Waals surface area contributed by atoms with Crippen LogP contribution in [-0.2, 0) is 0 Å². The van der Waals surface area contributed by atoms with Crippen LogP contribution < -0.4 is 10.6 Å². The zero-order valence-corrected chi connectivity index (χ0v) is 13.6. The first-order chi connectivity index (χ1) is 10.1. The minimum absolute atomic E-state index is 0.0575. The lowest BCUT2D eigenvalue weighted by Crippen LogP contribution is -2.24. The lowest BCUT2D eigenvalue weighted by molar-refractivity contribution is 0.679. The summed E-state index contributed by atoms with van der Waals surface area (Å²) in [6, 6.07) is 16.6. The molecule has 0 radical (unpaired) electrons. The van der Waals surface area contributed by atoms with Crippen molar-refractivity contribution in [3.8, 4) is 0 Å². The highest BCUT2D eigenvalue weighted by atomic mass is 35.5. The number of nitrogens with zero attached hydrogens (tertiary/aromatic N) is 1. The molecule has 0 spiro atoms.